The molecule has 0 saturated carbocycles. The van der Waals surface area contributed by atoms with Crippen LogP contribution < -0.4 is 0 Å². The van der Waals surface area contributed by atoms with Crippen LogP contribution in [0.4, 0.5) is 0 Å². The second-order valence-corrected chi connectivity index (χ2v) is 6.67. The number of aryl methyl sites for hydroxylation is 1. The molecule has 0 aliphatic heterocycles. The van der Waals surface area contributed by atoms with Gasteiger partial charge >= 0.3 is 0 Å². The van der Waals surface area contributed by atoms with Crippen LogP contribution in [0.25, 0.3) is 0 Å². The molecule has 0 aromatic heterocycles. The van der Waals surface area contributed by atoms with Crippen molar-refractivity contribution in [2.24, 2.45) is 0 Å². The summed E-state index contributed by atoms with van der Waals surface area (Å²) in [7, 11) is -2.05. The van der Waals surface area contributed by atoms with E-state index < -0.39 is 10.0 Å². The molecule has 0 atom stereocenters. The molecule has 2 aromatic rings. The van der Waals surface area contributed by atoms with Gasteiger partial charge in [0, 0.05) is 19.2 Å². The van der Waals surface area contributed by atoms with E-state index in [4.69, 9.17) is 0 Å². The fourth-order valence-electron chi connectivity index (χ4n) is 1.98. The summed E-state index contributed by atoms with van der Waals surface area (Å²) in [5.74, 6) is 0.0966. The summed E-state index contributed by atoms with van der Waals surface area (Å²) < 4.78 is 26.3. The zero-order valence-electron chi connectivity index (χ0n) is 11.4. The van der Waals surface area contributed by atoms with E-state index in [2.05, 4.69) is 0 Å². The van der Waals surface area contributed by atoms with E-state index in [-0.39, 0.29) is 17.2 Å². The molecular weight excluding hydrogens is 274 g/mol. The Balaban J connectivity index is 2.31. The van der Waals surface area contributed by atoms with Crippen molar-refractivity contribution in [3.05, 3.63) is 59.7 Å². The van der Waals surface area contributed by atoms with E-state index in [0.29, 0.717) is 11.1 Å². The van der Waals surface area contributed by atoms with Crippen LogP contribution in [0.2, 0.25) is 0 Å². The lowest BCUT2D eigenvalue weighted by atomic mass is 10.2. The van der Waals surface area contributed by atoms with E-state index in [0.717, 1.165) is 0 Å². The Morgan fingerprint density at radius 2 is 1.65 bits per heavy atom. The van der Waals surface area contributed by atoms with Gasteiger partial charge in [0.05, 0.1) is 4.90 Å². The van der Waals surface area contributed by atoms with Crippen molar-refractivity contribution in [3.8, 4) is 5.75 Å². The maximum Gasteiger partial charge on any atom is 0.243 e. The molecule has 0 bridgehead atoms. The molecule has 0 amide bonds. The minimum absolute atomic E-state index is 0.0966. The number of para-hydroxylation sites is 1. The highest BCUT2D eigenvalue weighted by molar-refractivity contribution is 7.89. The molecule has 0 aliphatic rings. The van der Waals surface area contributed by atoms with E-state index in [9.17, 15) is 13.5 Å². The quantitative estimate of drug-likeness (QED) is 0.941. The van der Waals surface area contributed by atoms with Gasteiger partial charge in [-0.05, 0) is 24.6 Å². The van der Waals surface area contributed by atoms with Gasteiger partial charge in [0.25, 0.3) is 0 Å². The number of aromatic hydroxyl groups is 1. The third kappa shape index (κ3) is 2.84. The Labute approximate surface area is 119 Å². The lowest BCUT2D eigenvalue weighted by Gasteiger charge is -2.19. The molecule has 0 spiro atoms. The summed E-state index contributed by atoms with van der Waals surface area (Å²) in [6.07, 6.45) is 0. The Kier molecular flexibility index (Phi) is 4.11. The number of phenolic OH excluding ortho intramolecular Hbond substituents is 1. The summed E-state index contributed by atoms with van der Waals surface area (Å²) >= 11 is 0. The van der Waals surface area contributed by atoms with Crippen LogP contribution in [0.3, 0.4) is 0 Å². The summed E-state index contributed by atoms with van der Waals surface area (Å²) in [4.78, 5) is 0.290. The van der Waals surface area contributed by atoms with Crippen molar-refractivity contribution in [2.45, 2.75) is 18.4 Å². The second kappa shape index (κ2) is 5.64. The Bertz CT molecular complexity index is 711. The SMILES string of the molecule is Cc1ccccc1S(=O)(=O)N(C)Cc1ccccc1O. The van der Waals surface area contributed by atoms with E-state index in [1.807, 2.05) is 0 Å². The first-order valence-corrected chi connectivity index (χ1v) is 7.66. The first kappa shape index (κ1) is 14.6. The average molecular weight is 291 g/mol. The molecule has 0 fully saturated rings. The zero-order valence-corrected chi connectivity index (χ0v) is 12.3. The molecular formula is C15H17NO3S. The largest absolute Gasteiger partial charge is 0.508 e. The van der Waals surface area contributed by atoms with Crippen LogP contribution in [0.15, 0.2) is 53.4 Å². The molecule has 4 nitrogen and oxygen atoms in total. The second-order valence-electron chi connectivity index (χ2n) is 4.66. The molecule has 5 heteroatoms. The van der Waals surface area contributed by atoms with Crippen LogP contribution in [-0.4, -0.2) is 24.9 Å². The van der Waals surface area contributed by atoms with Crippen molar-refractivity contribution < 1.29 is 13.5 Å². The third-order valence-corrected chi connectivity index (χ3v) is 5.13. The number of nitrogens with zero attached hydrogens (tertiary/aromatic N) is 1. The maximum atomic E-state index is 12.5. The molecule has 0 saturated heterocycles. The molecule has 1 N–H and O–H groups in total. The van der Waals surface area contributed by atoms with Crippen LogP contribution in [0.5, 0.6) is 5.75 Å². The third-order valence-electron chi connectivity index (χ3n) is 3.17. The Morgan fingerprint density at radius 3 is 2.30 bits per heavy atom. The van der Waals surface area contributed by atoms with E-state index >= 15 is 0 Å². The fraction of sp³-hybridized carbons (Fsp3) is 0.200. The Hall–Kier alpha value is -1.85. The minimum Gasteiger partial charge on any atom is -0.508 e. The smallest absolute Gasteiger partial charge is 0.243 e. The van der Waals surface area contributed by atoms with Crippen molar-refractivity contribution in [2.75, 3.05) is 7.05 Å². The standard InChI is InChI=1S/C15H17NO3S/c1-12-7-3-6-10-15(12)20(18,19)16(2)11-13-8-4-5-9-14(13)17/h3-10,17H,11H2,1-2H3. The van der Waals surface area contributed by atoms with Crippen LogP contribution in [0.1, 0.15) is 11.1 Å². The van der Waals surface area contributed by atoms with Gasteiger partial charge in [-0.2, -0.15) is 4.31 Å². The van der Waals surface area contributed by atoms with Crippen molar-refractivity contribution >= 4 is 10.0 Å². The van der Waals surface area contributed by atoms with Crippen LogP contribution >= 0.6 is 0 Å². The maximum absolute atomic E-state index is 12.5. The zero-order chi connectivity index (χ0) is 14.8. The summed E-state index contributed by atoms with van der Waals surface area (Å²) in [6, 6.07) is 13.6. The number of rotatable bonds is 4. The summed E-state index contributed by atoms with van der Waals surface area (Å²) in [5, 5.41) is 9.73. The molecule has 106 valence electrons. The van der Waals surface area contributed by atoms with Crippen molar-refractivity contribution in [1.29, 1.82) is 0 Å². The van der Waals surface area contributed by atoms with Gasteiger partial charge in [-0.3, -0.25) is 0 Å². The van der Waals surface area contributed by atoms with Gasteiger partial charge in [0.2, 0.25) is 10.0 Å². The van der Waals surface area contributed by atoms with Crippen molar-refractivity contribution in [1.82, 2.24) is 4.31 Å². The lowest BCUT2D eigenvalue weighted by molar-refractivity contribution is 0.435. The summed E-state index contributed by atoms with van der Waals surface area (Å²) in [5.41, 5.74) is 1.28. The molecule has 2 rings (SSSR count). The normalized spacial score (nSPS) is 11.8. The highest BCUT2D eigenvalue weighted by atomic mass is 32.2. The van der Waals surface area contributed by atoms with Crippen molar-refractivity contribution in [3.63, 3.8) is 0 Å². The first-order valence-electron chi connectivity index (χ1n) is 6.22. The lowest BCUT2D eigenvalue weighted by Crippen LogP contribution is -2.27. The fourth-order valence-corrected chi connectivity index (χ4v) is 3.35. The van der Waals surface area contributed by atoms with Gasteiger partial charge in [0.15, 0.2) is 0 Å². The highest BCUT2D eigenvalue weighted by Crippen LogP contribution is 2.23. The number of hydrogen-bond donors (Lipinski definition) is 1. The van der Waals surface area contributed by atoms with Gasteiger partial charge in [-0.1, -0.05) is 36.4 Å². The van der Waals surface area contributed by atoms with Crippen LogP contribution in [0, 0.1) is 6.92 Å². The van der Waals surface area contributed by atoms with Gasteiger partial charge in [-0.15, -0.1) is 0 Å². The van der Waals surface area contributed by atoms with Gasteiger partial charge < -0.3 is 5.11 Å². The molecule has 0 radical (unpaired) electrons. The number of hydrogen-bond acceptors (Lipinski definition) is 3. The molecule has 20 heavy (non-hydrogen) atoms. The van der Waals surface area contributed by atoms with E-state index in [1.165, 1.54) is 11.4 Å². The molecule has 0 unspecified atom stereocenters. The number of benzene rings is 2. The summed E-state index contributed by atoms with van der Waals surface area (Å²) in [6.45, 7) is 1.89. The predicted octanol–water partition coefficient (Wildman–Crippen LogP) is 2.52. The monoisotopic (exact) mass is 291 g/mol. The van der Waals surface area contributed by atoms with Crippen LogP contribution in [-0.2, 0) is 16.6 Å². The first-order chi connectivity index (χ1) is 9.43. The highest BCUT2D eigenvalue weighted by Gasteiger charge is 2.23. The molecule has 0 aliphatic carbocycles. The predicted molar refractivity (Wildman–Crippen MR) is 77.9 cm³/mol. The topological polar surface area (TPSA) is 57.6 Å². The number of sulfonamides is 1. The molecule has 0 heterocycles. The van der Waals surface area contributed by atoms with Gasteiger partial charge in [0.1, 0.15) is 5.75 Å². The Morgan fingerprint density at radius 1 is 1.05 bits per heavy atom. The van der Waals surface area contributed by atoms with E-state index in [1.54, 1.807) is 55.5 Å². The minimum atomic E-state index is -3.56. The molecule has 2 aromatic carbocycles. The number of phenols is 1. The van der Waals surface area contributed by atoms with Gasteiger partial charge in [-0.25, -0.2) is 8.42 Å². The average Bonchev–Trinajstić information content (AvgIpc) is 2.41.